The SMILES string of the molecule is CC1=C2C=C(C1)C2. The number of allylic oxidation sites excluding steroid dienone is 4. The first-order valence-electron chi connectivity index (χ1n) is 2.74. The monoisotopic (exact) mass is 92.1 g/mol. The summed E-state index contributed by atoms with van der Waals surface area (Å²) in [4.78, 5) is 0. The van der Waals surface area contributed by atoms with Gasteiger partial charge in [-0.25, -0.2) is 0 Å². The van der Waals surface area contributed by atoms with E-state index in [4.69, 9.17) is 0 Å². The Morgan fingerprint density at radius 1 is 1.43 bits per heavy atom. The van der Waals surface area contributed by atoms with Gasteiger partial charge in [-0.1, -0.05) is 17.2 Å². The molecule has 0 N–H and O–H groups in total. The Morgan fingerprint density at radius 2 is 2.14 bits per heavy atom. The molecule has 0 saturated carbocycles. The van der Waals surface area contributed by atoms with Crippen molar-refractivity contribution in [2.45, 2.75) is 19.8 Å². The molecular weight excluding hydrogens is 84.1 g/mol. The average Bonchev–Trinajstić information content (AvgIpc) is 1.85. The van der Waals surface area contributed by atoms with E-state index in [0.29, 0.717) is 0 Å². The predicted molar refractivity (Wildman–Crippen MR) is 30.0 cm³/mol. The van der Waals surface area contributed by atoms with Gasteiger partial charge in [0.2, 0.25) is 0 Å². The lowest BCUT2D eigenvalue weighted by atomic mass is 10.0. The van der Waals surface area contributed by atoms with E-state index in [1.807, 2.05) is 0 Å². The standard InChI is InChI=1S/C7H8/c1-5-2-6-3-7(5)4-6/h3H,2,4H2,1H3. The van der Waals surface area contributed by atoms with Crippen LogP contribution in [0.4, 0.5) is 0 Å². The van der Waals surface area contributed by atoms with Crippen molar-refractivity contribution < 1.29 is 0 Å². The minimum atomic E-state index is 1.29. The highest BCUT2D eigenvalue weighted by Gasteiger charge is 2.21. The lowest BCUT2D eigenvalue weighted by Gasteiger charge is -2.04. The van der Waals surface area contributed by atoms with Gasteiger partial charge in [0.25, 0.3) is 0 Å². The summed E-state index contributed by atoms with van der Waals surface area (Å²) in [6, 6.07) is 0. The smallest absolute Gasteiger partial charge is 0.00611 e. The maximum Gasteiger partial charge on any atom is -0.00611 e. The molecule has 0 heterocycles. The van der Waals surface area contributed by atoms with Crippen LogP contribution in [-0.4, -0.2) is 0 Å². The largest absolute Gasteiger partial charge is 0.0657 e. The maximum absolute atomic E-state index is 2.31. The zero-order valence-electron chi connectivity index (χ0n) is 4.49. The van der Waals surface area contributed by atoms with Gasteiger partial charge in [-0.3, -0.25) is 0 Å². The van der Waals surface area contributed by atoms with Gasteiger partial charge in [0.05, 0.1) is 0 Å². The molecule has 36 valence electrons. The minimum Gasteiger partial charge on any atom is -0.0657 e. The zero-order valence-corrected chi connectivity index (χ0v) is 4.49. The quantitative estimate of drug-likeness (QED) is 0.429. The molecule has 0 atom stereocenters. The Hall–Kier alpha value is -0.520. The number of hydrogen-bond acceptors (Lipinski definition) is 0. The van der Waals surface area contributed by atoms with Crippen molar-refractivity contribution in [2.24, 2.45) is 0 Å². The lowest BCUT2D eigenvalue weighted by molar-refractivity contribution is 1.09. The molecule has 3 aliphatic rings. The van der Waals surface area contributed by atoms with Gasteiger partial charge >= 0.3 is 0 Å². The molecule has 0 amide bonds. The van der Waals surface area contributed by atoms with Crippen LogP contribution >= 0.6 is 0 Å². The normalized spacial score (nSPS) is 25.0. The molecule has 0 spiro atoms. The van der Waals surface area contributed by atoms with Crippen LogP contribution in [-0.2, 0) is 0 Å². The first-order chi connectivity index (χ1) is 3.36. The average molecular weight is 92.1 g/mol. The minimum absolute atomic E-state index is 1.29. The number of rotatable bonds is 0. The Kier molecular flexibility index (Phi) is 0.415. The van der Waals surface area contributed by atoms with E-state index in [-0.39, 0.29) is 0 Å². The Morgan fingerprint density at radius 3 is 2.29 bits per heavy atom. The Bertz CT molecular complexity index is 170. The van der Waals surface area contributed by atoms with Crippen LogP contribution in [0.5, 0.6) is 0 Å². The highest BCUT2D eigenvalue weighted by molar-refractivity contribution is 5.50. The summed E-state index contributed by atoms with van der Waals surface area (Å²) < 4.78 is 0. The molecule has 0 aromatic carbocycles. The first-order valence-corrected chi connectivity index (χ1v) is 2.74. The molecule has 0 radical (unpaired) electrons. The summed E-state index contributed by atoms with van der Waals surface area (Å²) in [5.41, 5.74) is 4.86. The van der Waals surface area contributed by atoms with Gasteiger partial charge < -0.3 is 0 Å². The van der Waals surface area contributed by atoms with Crippen LogP contribution in [0.15, 0.2) is 22.8 Å². The van der Waals surface area contributed by atoms with Gasteiger partial charge in [0.15, 0.2) is 0 Å². The second-order valence-electron chi connectivity index (χ2n) is 2.46. The molecule has 0 fully saturated rings. The Labute approximate surface area is 43.5 Å². The van der Waals surface area contributed by atoms with Crippen LogP contribution < -0.4 is 0 Å². The second kappa shape index (κ2) is 0.835. The molecular formula is C7H8. The van der Waals surface area contributed by atoms with Gasteiger partial charge in [-0.05, 0) is 25.3 Å². The summed E-state index contributed by atoms with van der Waals surface area (Å²) in [7, 11) is 0. The van der Waals surface area contributed by atoms with E-state index < -0.39 is 0 Å². The molecule has 0 aromatic heterocycles. The molecule has 0 aromatic rings. The van der Waals surface area contributed by atoms with Crippen LogP contribution in [0.25, 0.3) is 0 Å². The fourth-order valence-corrected chi connectivity index (χ4v) is 1.30. The first kappa shape index (κ1) is 3.48. The van der Waals surface area contributed by atoms with Crippen molar-refractivity contribution in [2.75, 3.05) is 0 Å². The lowest BCUT2D eigenvalue weighted by Crippen LogP contribution is -1.85. The Balaban J connectivity index is 2.53. The molecule has 0 saturated heterocycles. The third-order valence-corrected chi connectivity index (χ3v) is 1.84. The molecule has 0 heteroatoms. The predicted octanol–water partition coefficient (Wildman–Crippen LogP) is 2.04. The van der Waals surface area contributed by atoms with Crippen molar-refractivity contribution in [3.8, 4) is 0 Å². The third kappa shape index (κ3) is 0.277. The summed E-state index contributed by atoms with van der Waals surface area (Å²) in [6.07, 6.45) is 4.91. The van der Waals surface area contributed by atoms with Gasteiger partial charge in [-0.15, -0.1) is 0 Å². The van der Waals surface area contributed by atoms with Crippen LogP contribution in [0, 0.1) is 0 Å². The topological polar surface area (TPSA) is 0 Å². The van der Waals surface area contributed by atoms with Gasteiger partial charge in [0, 0.05) is 0 Å². The number of fused-ring (bicyclic) bond motifs is 1. The van der Waals surface area contributed by atoms with Crippen LogP contribution in [0.2, 0.25) is 0 Å². The molecule has 3 aliphatic carbocycles. The summed E-state index contributed by atoms with van der Waals surface area (Å²) >= 11 is 0. The fourth-order valence-electron chi connectivity index (χ4n) is 1.30. The van der Waals surface area contributed by atoms with Crippen molar-refractivity contribution in [3.05, 3.63) is 22.8 Å². The van der Waals surface area contributed by atoms with E-state index in [0.717, 1.165) is 0 Å². The van der Waals surface area contributed by atoms with E-state index in [1.165, 1.54) is 12.8 Å². The molecule has 0 unspecified atom stereocenters. The molecule has 0 nitrogen and oxygen atoms in total. The molecule has 2 bridgehead atoms. The fraction of sp³-hybridized carbons (Fsp3) is 0.429. The van der Waals surface area contributed by atoms with Gasteiger partial charge in [-0.2, -0.15) is 0 Å². The van der Waals surface area contributed by atoms with Crippen molar-refractivity contribution >= 4 is 0 Å². The van der Waals surface area contributed by atoms with E-state index in [2.05, 4.69) is 13.0 Å². The number of hydrogen-bond donors (Lipinski definition) is 0. The van der Waals surface area contributed by atoms with E-state index >= 15 is 0 Å². The molecule has 3 rings (SSSR count). The zero-order chi connectivity index (χ0) is 4.85. The van der Waals surface area contributed by atoms with E-state index in [1.54, 1.807) is 16.7 Å². The maximum atomic E-state index is 2.31. The van der Waals surface area contributed by atoms with Crippen LogP contribution in [0.1, 0.15) is 19.8 Å². The second-order valence-corrected chi connectivity index (χ2v) is 2.46. The van der Waals surface area contributed by atoms with Crippen molar-refractivity contribution in [1.29, 1.82) is 0 Å². The van der Waals surface area contributed by atoms with Crippen molar-refractivity contribution in [1.82, 2.24) is 0 Å². The highest BCUT2D eigenvalue weighted by atomic mass is 14.3. The van der Waals surface area contributed by atoms with Gasteiger partial charge in [0.1, 0.15) is 0 Å². The van der Waals surface area contributed by atoms with E-state index in [9.17, 15) is 0 Å². The summed E-state index contributed by atoms with van der Waals surface area (Å²) in [5, 5.41) is 0. The van der Waals surface area contributed by atoms with Crippen LogP contribution in [0.3, 0.4) is 0 Å². The third-order valence-electron chi connectivity index (χ3n) is 1.84. The summed E-state index contributed by atoms with van der Waals surface area (Å²) in [5.74, 6) is 0. The molecule has 7 heavy (non-hydrogen) atoms. The molecule has 0 aliphatic heterocycles. The van der Waals surface area contributed by atoms with Crippen molar-refractivity contribution in [3.63, 3.8) is 0 Å². The highest BCUT2D eigenvalue weighted by Crippen LogP contribution is 2.40. The summed E-state index contributed by atoms with van der Waals surface area (Å²) in [6.45, 7) is 2.23.